The van der Waals surface area contributed by atoms with Gasteiger partial charge in [-0.05, 0) is 66.7 Å². The van der Waals surface area contributed by atoms with E-state index in [0.717, 1.165) is 12.8 Å². The third-order valence-electron chi connectivity index (χ3n) is 5.33. The van der Waals surface area contributed by atoms with Crippen LogP contribution in [0, 0.1) is 11.8 Å². The maximum absolute atomic E-state index is 12.8. The van der Waals surface area contributed by atoms with Gasteiger partial charge in [0.15, 0.2) is 5.81 Å². The fourth-order valence-electron chi connectivity index (χ4n) is 4.45. The van der Waals surface area contributed by atoms with Crippen LogP contribution >= 0.6 is 0 Å². The van der Waals surface area contributed by atoms with E-state index in [-0.39, 0.29) is 35.4 Å². The highest BCUT2D eigenvalue weighted by Gasteiger charge is 2.49. The van der Waals surface area contributed by atoms with Gasteiger partial charge in [0.1, 0.15) is 5.72 Å². The Balaban J connectivity index is 2.17. The number of amides is 2. The molecule has 0 spiro atoms. The molecule has 2 amide bonds. The molecule has 0 bridgehead atoms. The zero-order valence-corrected chi connectivity index (χ0v) is 17.3. The lowest BCUT2D eigenvalue weighted by atomic mass is 9.86. The van der Waals surface area contributed by atoms with Crippen LogP contribution in [0.25, 0.3) is 0 Å². The van der Waals surface area contributed by atoms with E-state index >= 15 is 0 Å². The Hall–Kier alpha value is -1.30. The Labute approximate surface area is 159 Å². The van der Waals surface area contributed by atoms with Crippen molar-refractivity contribution in [2.45, 2.75) is 91.1 Å². The number of rotatable bonds is 4. The molecule has 6 heteroatoms. The zero-order chi connectivity index (χ0) is 19.9. The first-order valence-corrected chi connectivity index (χ1v) is 9.61. The lowest BCUT2D eigenvalue weighted by molar-refractivity contribution is -0.127. The summed E-state index contributed by atoms with van der Waals surface area (Å²) in [5, 5.41) is 3.11. The Bertz CT molecular complexity index is 594. The van der Waals surface area contributed by atoms with Crippen LogP contribution in [0.3, 0.4) is 0 Å². The number of hydrogen-bond donors (Lipinski definition) is 1. The molecule has 2 rings (SSSR count). The van der Waals surface area contributed by atoms with Crippen molar-refractivity contribution in [1.82, 2.24) is 10.2 Å². The topological polar surface area (TPSA) is 58.6 Å². The van der Waals surface area contributed by atoms with Crippen LogP contribution in [-0.4, -0.2) is 47.9 Å². The van der Waals surface area contributed by atoms with Crippen LogP contribution in [0.15, 0.2) is 11.6 Å². The fourth-order valence-corrected chi connectivity index (χ4v) is 4.45. The number of nitrogens with one attached hydrogen (secondary N) is 1. The molecule has 0 saturated carbocycles. The molecule has 1 N–H and O–H groups in total. The molecule has 26 heavy (non-hydrogen) atoms. The minimum atomic E-state index is -0.724. The van der Waals surface area contributed by atoms with Crippen molar-refractivity contribution in [2.24, 2.45) is 11.8 Å². The normalized spacial score (nSPS) is 31.0. The van der Waals surface area contributed by atoms with Gasteiger partial charge in [-0.15, -0.1) is 0 Å². The van der Waals surface area contributed by atoms with Gasteiger partial charge >= 0.3 is 0 Å². The summed E-state index contributed by atoms with van der Waals surface area (Å²) in [5.74, 6) is -0.335. The van der Waals surface area contributed by atoms with E-state index in [1.807, 2.05) is 41.5 Å². The molecule has 1 saturated heterocycles. The lowest BCUT2D eigenvalue weighted by Crippen LogP contribution is -2.48. The fraction of sp³-hybridized carbons (Fsp3) is 0.800. The standard InChI is InChI=1S/C20H33BN2O3/c1-8-15-16(26-20(6,7)23(15)18(21)25)11-13-9-12(2)10-14(13)17(24)22-19(3,4)5/h9,13-16H,8,10-11H2,1-7H3,(H,22,24). The highest BCUT2D eigenvalue weighted by Crippen LogP contribution is 2.41. The SMILES string of the molecule is [B]C(=O)N1C(CC)C(CC2C=C(C)CC2C(=O)NC(C)(C)C)OC1(C)C. The second-order valence-electron chi connectivity index (χ2n) is 9.25. The van der Waals surface area contributed by atoms with E-state index in [1.165, 1.54) is 5.57 Å². The molecule has 4 atom stereocenters. The molecule has 1 aliphatic carbocycles. The van der Waals surface area contributed by atoms with Crippen LogP contribution in [-0.2, 0) is 9.53 Å². The van der Waals surface area contributed by atoms with Gasteiger partial charge in [0.2, 0.25) is 13.8 Å². The summed E-state index contributed by atoms with van der Waals surface area (Å²) >= 11 is 0. The average Bonchev–Trinajstić information content (AvgIpc) is 2.93. The van der Waals surface area contributed by atoms with Crippen molar-refractivity contribution in [3.8, 4) is 0 Å². The second-order valence-corrected chi connectivity index (χ2v) is 9.25. The number of allylic oxidation sites excluding steroid dienone is 2. The highest BCUT2D eigenvalue weighted by molar-refractivity contribution is 6.57. The Morgan fingerprint density at radius 3 is 2.50 bits per heavy atom. The van der Waals surface area contributed by atoms with Crippen molar-refractivity contribution in [1.29, 1.82) is 0 Å². The van der Waals surface area contributed by atoms with Gasteiger partial charge in [-0.2, -0.15) is 0 Å². The highest BCUT2D eigenvalue weighted by atomic mass is 16.5. The average molecular weight is 360 g/mol. The van der Waals surface area contributed by atoms with Gasteiger partial charge in [-0.3, -0.25) is 9.59 Å². The summed E-state index contributed by atoms with van der Waals surface area (Å²) < 4.78 is 6.22. The predicted molar refractivity (Wildman–Crippen MR) is 104 cm³/mol. The lowest BCUT2D eigenvalue weighted by Gasteiger charge is -2.33. The monoisotopic (exact) mass is 360 g/mol. The minimum absolute atomic E-state index is 0.0665. The van der Waals surface area contributed by atoms with Crippen LogP contribution < -0.4 is 5.32 Å². The smallest absolute Gasteiger partial charge is 0.224 e. The second kappa shape index (κ2) is 7.38. The zero-order valence-electron chi connectivity index (χ0n) is 17.3. The first-order chi connectivity index (χ1) is 11.9. The molecular weight excluding hydrogens is 327 g/mol. The molecule has 1 fully saturated rings. The van der Waals surface area contributed by atoms with Gasteiger partial charge < -0.3 is 15.0 Å². The first-order valence-electron chi connectivity index (χ1n) is 9.61. The molecule has 5 nitrogen and oxygen atoms in total. The van der Waals surface area contributed by atoms with E-state index in [2.05, 4.69) is 18.3 Å². The molecule has 0 aromatic rings. The Morgan fingerprint density at radius 2 is 2.00 bits per heavy atom. The third kappa shape index (κ3) is 4.51. The summed E-state index contributed by atoms with van der Waals surface area (Å²) in [4.78, 5) is 26.4. The van der Waals surface area contributed by atoms with Gasteiger partial charge in [0.05, 0.1) is 12.1 Å². The van der Waals surface area contributed by atoms with E-state index in [4.69, 9.17) is 12.6 Å². The molecule has 0 aromatic carbocycles. The summed E-state index contributed by atoms with van der Waals surface area (Å²) in [5.41, 5.74) is 0.261. The Morgan fingerprint density at radius 1 is 1.38 bits per heavy atom. The van der Waals surface area contributed by atoms with Crippen molar-refractivity contribution in [3.63, 3.8) is 0 Å². The molecule has 2 radical (unpaired) electrons. The van der Waals surface area contributed by atoms with Crippen molar-refractivity contribution >= 4 is 19.6 Å². The summed E-state index contributed by atoms with van der Waals surface area (Å²) in [6.07, 6.45) is 4.33. The number of hydrogen-bond acceptors (Lipinski definition) is 3. The van der Waals surface area contributed by atoms with Crippen molar-refractivity contribution in [3.05, 3.63) is 11.6 Å². The maximum atomic E-state index is 12.8. The largest absolute Gasteiger partial charge is 0.351 e. The summed E-state index contributed by atoms with van der Waals surface area (Å²) in [6, 6.07) is -0.0665. The van der Waals surface area contributed by atoms with Crippen LogP contribution in [0.1, 0.15) is 67.7 Å². The predicted octanol–water partition coefficient (Wildman–Crippen LogP) is 3.38. The van der Waals surface area contributed by atoms with Crippen LogP contribution in [0.4, 0.5) is 4.79 Å². The van der Waals surface area contributed by atoms with Gasteiger partial charge in [-0.25, -0.2) is 0 Å². The molecular formula is C20H33BN2O3. The molecule has 1 heterocycles. The first kappa shape index (κ1) is 21.0. The molecule has 0 aromatic heterocycles. The van der Waals surface area contributed by atoms with Crippen LogP contribution in [0.2, 0.25) is 0 Å². The van der Waals surface area contributed by atoms with Gasteiger partial charge in [0, 0.05) is 11.5 Å². The number of nitrogens with zero attached hydrogens (tertiary/aromatic N) is 1. The van der Waals surface area contributed by atoms with Gasteiger partial charge in [-0.1, -0.05) is 18.6 Å². The van der Waals surface area contributed by atoms with E-state index < -0.39 is 11.5 Å². The number of ether oxygens (including phenoxy) is 1. The summed E-state index contributed by atoms with van der Waals surface area (Å²) in [6.45, 7) is 13.8. The van der Waals surface area contributed by atoms with Crippen molar-refractivity contribution in [2.75, 3.05) is 0 Å². The molecule has 2 aliphatic rings. The van der Waals surface area contributed by atoms with E-state index in [1.54, 1.807) is 4.90 Å². The van der Waals surface area contributed by atoms with Crippen molar-refractivity contribution < 1.29 is 14.3 Å². The minimum Gasteiger partial charge on any atom is -0.351 e. The number of carbonyl (C=O) groups is 2. The Kier molecular flexibility index (Phi) is 5.96. The number of carbonyl (C=O) groups excluding carboxylic acids is 2. The van der Waals surface area contributed by atoms with E-state index in [9.17, 15) is 9.59 Å². The quantitative estimate of drug-likeness (QED) is 0.618. The van der Waals surface area contributed by atoms with Crippen LogP contribution in [0.5, 0.6) is 0 Å². The van der Waals surface area contributed by atoms with Gasteiger partial charge in [0.25, 0.3) is 0 Å². The third-order valence-corrected chi connectivity index (χ3v) is 5.33. The molecule has 144 valence electrons. The van der Waals surface area contributed by atoms with E-state index in [0.29, 0.717) is 6.42 Å². The summed E-state index contributed by atoms with van der Waals surface area (Å²) in [7, 11) is 5.61. The molecule has 4 unspecified atom stereocenters. The molecule has 1 aliphatic heterocycles. The maximum Gasteiger partial charge on any atom is 0.224 e.